The highest BCUT2D eigenvalue weighted by Crippen LogP contribution is 2.20. The summed E-state index contributed by atoms with van der Waals surface area (Å²) in [6.45, 7) is 6.67. The molecule has 0 fully saturated rings. The monoisotopic (exact) mass is 310 g/mol. The highest BCUT2D eigenvalue weighted by atomic mass is 79.9. The van der Waals surface area contributed by atoms with Crippen LogP contribution in [0.3, 0.4) is 0 Å². The molecular formula is C17H27Br. The highest BCUT2D eigenvalue weighted by Gasteiger charge is 2.07. The standard InChI is InChI=1S/C17H27Br/c1-4-5-6-7-8-9-17(18)13-16-12-14(2)10-11-15(16)3/h10-12,17H,4-9,13H2,1-3H3. The lowest BCUT2D eigenvalue weighted by Crippen LogP contribution is -2.04. The average molecular weight is 311 g/mol. The maximum Gasteiger partial charge on any atom is 0.0186 e. The van der Waals surface area contributed by atoms with Crippen molar-refractivity contribution in [2.75, 3.05) is 0 Å². The van der Waals surface area contributed by atoms with E-state index in [1.807, 2.05) is 0 Å². The minimum atomic E-state index is 0.639. The van der Waals surface area contributed by atoms with Crippen LogP contribution in [0.1, 0.15) is 62.1 Å². The molecule has 18 heavy (non-hydrogen) atoms. The molecule has 0 radical (unpaired) electrons. The highest BCUT2D eigenvalue weighted by molar-refractivity contribution is 9.09. The van der Waals surface area contributed by atoms with Gasteiger partial charge in [0.2, 0.25) is 0 Å². The van der Waals surface area contributed by atoms with Crippen LogP contribution in [0.4, 0.5) is 0 Å². The van der Waals surface area contributed by atoms with Crippen molar-refractivity contribution in [1.29, 1.82) is 0 Å². The van der Waals surface area contributed by atoms with Crippen molar-refractivity contribution >= 4 is 15.9 Å². The van der Waals surface area contributed by atoms with Crippen LogP contribution in [-0.2, 0) is 6.42 Å². The van der Waals surface area contributed by atoms with Crippen LogP contribution < -0.4 is 0 Å². The molecule has 1 aromatic carbocycles. The van der Waals surface area contributed by atoms with Crippen molar-refractivity contribution in [2.45, 2.75) is 70.5 Å². The van der Waals surface area contributed by atoms with E-state index < -0.39 is 0 Å². The summed E-state index contributed by atoms with van der Waals surface area (Å²) in [5, 5.41) is 0. The molecule has 0 saturated heterocycles. The fourth-order valence-corrected chi connectivity index (χ4v) is 3.00. The first kappa shape index (κ1) is 15.8. The molecule has 1 aromatic rings. The first-order chi connectivity index (χ1) is 8.63. The van der Waals surface area contributed by atoms with E-state index in [1.54, 1.807) is 0 Å². The van der Waals surface area contributed by atoms with E-state index in [9.17, 15) is 0 Å². The van der Waals surface area contributed by atoms with E-state index in [2.05, 4.69) is 54.9 Å². The molecule has 0 aromatic heterocycles. The third-order valence-electron chi connectivity index (χ3n) is 3.57. The molecule has 1 rings (SSSR count). The number of hydrogen-bond donors (Lipinski definition) is 0. The average Bonchev–Trinajstić information content (AvgIpc) is 2.33. The van der Waals surface area contributed by atoms with Gasteiger partial charge in [-0.1, -0.05) is 78.7 Å². The number of benzene rings is 1. The Hall–Kier alpha value is -0.300. The van der Waals surface area contributed by atoms with E-state index >= 15 is 0 Å². The number of rotatable bonds is 8. The number of halogens is 1. The molecule has 0 saturated carbocycles. The zero-order valence-corrected chi connectivity index (χ0v) is 13.7. The Morgan fingerprint density at radius 1 is 1.06 bits per heavy atom. The number of aryl methyl sites for hydroxylation is 2. The molecular weight excluding hydrogens is 284 g/mol. The Kier molecular flexibility index (Phi) is 7.65. The molecule has 102 valence electrons. The summed E-state index contributed by atoms with van der Waals surface area (Å²) >= 11 is 3.84. The Labute approximate surface area is 121 Å². The van der Waals surface area contributed by atoms with Gasteiger partial charge in [0.25, 0.3) is 0 Å². The fraction of sp³-hybridized carbons (Fsp3) is 0.647. The van der Waals surface area contributed by atoms with Gasteiger partial charge in [-0.3, -0.25) is 0 Å². The van der Waals surface area contributed by atoms with Crippen LogP contribution in [0.2, 0.25) is 0 Å². The van der Waals surface area contributed by atoms with Crippen molar-refractivity contribution in [3.8, 4) is 0 Å². The molecule has 0 bridgehead atoms. The molecule has 0 aliphatic heterocycles. The lowest BCUT2D eigenvalue weighted by atomic mass is 9.99. The summed E-state index contributed by atoms with van der Waals surface area (Å²) in [6.07, 6.45) is 9.35. The summed E-state index contributed by atoms with van der Waals surface area (Å²) in [5.41, 5.74) is 4.31. The molecule has 1 heteroatoms. The molecule has 0 aliphatic carbocycles. The third-order valence-corrected chi connectivity index (χ3v) is 4.35. The Balaban J connectivity index is 2.30. The lowest BCUT2D eigenvalue weighted by molar-refractivity contribution is 0.598. The number of alkyl halides is 1. The lowest BCUT2D eigenvalue weighted by Gasteiger charge is -2.12. The first-order valence-corrected chi connectivity index (χ1v) is 8.25. The zero-order valence-electron chi connectivity index (χ0n) is 12.1. The van der Waals surface area contributed by atoms with Crippen LogP contribution >= 0.6 is 15.9 Å². The summed E-state index contributed by atoms with van der Waals surface area (Å²) in [7, 11) is 0. The van der Waals surface area contributed by atoms with Gasteiger partial charge in [-0.15, -0.1) is 0 Å². The van der Waals surface area contributed by atoms with Crippen LogP contribution in [0.15, 0.2) is 18.2 Å². The maximum absolute atomic E-state index is 3.84. The summed E-state index contributed by atoms with van der Waals surface area (Å²) < 4.78 is 0. The maximum atomic E-state index is 3.84. The van der Waals surface area contributed by atoms with Crippen LogP contribution in [0.5, 0.6) is 0 Å². The minimum Gasteiger partial charge on any atom is -0.0887 e. The van der Waals surface area contributed by atoms with Crippen LogP contribution in [0, 0.1) is 13.8 Å². The van der Waals surface area contributed by atoms with Gasteiger partial charge in [0.05, 0.1) is 0 Å². The van der Waals surface area contributed by atoms with Gasteiger partial charge < -0.3 is 0 Å². The smallest absolute Gasteiger partial charge is 0.0186 e. The topological polar surface area (TPSA) is 0 Å². The zero-order chi connectivity index (χ0) is 13.4. The Morgan fingerprint density at radius 2 is 1.78 bits per heavy atom. The molecule has 0 aliphatic rings. The van der Waals surface area contributed by atoms with E-state index in [0.29, 0.717) is 4.83 Å². The largest absolute Gasteiger partial charge is 0.0887 e. The van der Waals surface area contributed by atoms with E-state index in [0.717, 1.165) is 0 Å². The molecule has 0 N–H and O–H groups in total. The predicted molar refractivity (Wildman–Crippen MR) is 85.7 cm³/mol. The van der Waals surface area contributed by atoms with E-state index in [4.69, 9.17) is 0 Å². The van der Waals surface area contributed by atoms with Gasteiger partial charge in [-0.2, -0.15) is 0 Å². The van der Waals surface area contributed by atoms with Gasteiger partial charge >= 0.3 is 0 Å². The second kappa shape index (κ2) is 8.74. The Bertz CT molecular complexity index is 343. The third kappa shape index (κ3) is 6.04. The van der Waals surface area contributed by atoms with Gasteiger partial charge in [0, 0.05) is 4.83 Å². The fourth-order valence-electron chi connectivity index (χ4n) is 2.33. The van der Waals surface area contributed by atoms with Gasteiger partial charge in [-0.25, -0.2) is 0 Å². The molecule has 0 nitrogen and oxygen atoms in total. The van der Waals surface area contributed by atoms with Crippen molar-refractivity contribution in [2.24, 2.45) is 0 Å². The Morgan fingerprint density at radius 3 is 2.50 bits per heavy atom. The first-order valence-electron chi connectivity index (χ1n) is 7.33. The number of unbranched alkanes of at least 4 members (excludes halogenated alkanes) is 4. The van der Waals surface area contributed by atoms with Crippen LogP contribution in [-0.4, -0.2) is 4.83 Å². The predicted octanol–water partition coefficient (Wildman–Crippen LogP) is 5.97. The quantitative estimate of drug-likeness (QED) is 0.410. The van der Waals surface area contributed by atoms with Crippen LogP contribution in [0.25, 0.3) is 0 Å². The summed E-state index contributed by atoms with van der Waals surface area (Å²) in [5.74, 6) is 0. The van der Waals surface area contributed by atoms with Crippen molar-refractivity contribution in [1.82, 2.24) is 0 Å². The normalized spacial score (nSPS) is 12.7. The second-order valence-electron chi connectivity index (χ2n) is 5.43. The molecule has 1 atom stereocenters. The second-order valence-corrected chi connectivity index (χ2v) is 6.73. The van der Waals surface area contributed by atoms with Gasteiger partial charge in [0.15, 0.2) is 0 Å². The number of hydrogen-bond acceptors (Lipinski definition) is 0. The van der Waals surface area contributed by atoms with E-state index in [1.165, 1.54) is 61.6 Å². The molecule has 1 unspecified atom stereocenters. The summed E-state index contributed by atoms with van der Waals surface area (Å²) in [4.78, 5) is 0.639. The van der Waals surface area contributed by atoms with Crippen molar-refractivity contribution in [3.63, 3.8) is 0 Å². The minimum absolute atomic E-state index is 0.639. The molecule has 0 spiro atoms. The van der Waals surface area contributed by atoms with Gasteiger partial charge in [-0.05, 0) is 37.8 Å². The molecule has 0 amide bonds. The molecule has 0 heterocycles. The van der Waals surface area contributed by atoms with Gasteiger partial charge in [0.1, 0.15) is 0 Å². The SMILES string of the molecule is CCCCCCCC(Br)Cc1cc(C)ccc1C. The van der Waals surface area contributed by atoms with Crippen molar-refractivity contribution in [3.05, 3.63) is 34.9 Å². The van der Waals surface area contributed by atoms with E-state index in [-0.39, 0.29) is 0 Å². The van der Waals surface area contributed by atoms with Crippen molar-refractivity contribution < 1.29 is 0 Å². The summed E-state index contributed by atoms with van der Waals surface area (Å²) in [6, 6.07) is 6.78.